The molecule has 0 amide bonds. The summed E-state index contributed by atoms with van der Waals surface area (Å²) in [5.41, 5.74) is 1.82. The molecule has 0 radical (unpaired) electrons. The van der Waals surface area contributed by atoms with Crippen LogP contribution < -0.4 is 4.74 Å². The first-order valence-corrected chi connectivity index (χ1v) is 8.58. The van der Waals surface area contributed by atoms with Gasteiger partial charge in [-0.3, -0.25) is 0 Å². The third-order valence-corrected chi connectivity index (χ3v) is 4.46. The minimum absolute atomic E-state index is 0.0531. The second-order valence-electron chi connectivity index (χ2n) is 6.40. The van der Waals surface area contributed by atoms with Crippen molar-refractivity contribution in [1.82, 2.24) is 14.8 Å². The highest BCUT2D eigenvalue weighted by atomic mass is 19.1. The standard InChI is InChI=1S/C19H23FN4O2/c1-14-7-8-16(18(22-25)24-11-9-23(2)10-12-24)19(21-14)26-13-15-5-3-4-6-17(15)20/h3-8,25H,9-13H2,1-2H3/b22-18-. The Hall–Kier alpha value is -2.67. The summed E-state index contributed by atoms with van der Waals surface area (Å²) in [5.74, 6) is 0.436. The summed E-state index contributed by atoms with van der Waals surface area (Å²) in [6.07, 6.45) is 0. The van der Waals surface area contributed by atoms with Gasteiger partial charge in [0.1, 0.15) is 12.4 Å². The molecule has 2 aromatic rings. The van der Waals surface area contributed by atoms with Crippen LogP contribution in [0.1, 0.15) is 16.8 Å². The quantitative estimate of drug-likeness (QED) is 0.394. The van der Waals surface area contributed by atoms with Gasteiger partial charge in [-0.15, -0.1) is 0 Å². The molecule has 1 aliphatic heterocycles. The fourth-order valence-corrected chi connectivity index (χ4v) is 2.88. The summed E-state index contributed by atoms with van der Waals surface area (Å²) in [6.45, 7) is 5.16. The van der Waals surface area contributed by atoms with Crippen molar-refractivity contribution in [2.75, 3.05) is 33.2 Å². The molecule has 1 aliphatic rings. The van der Waals surface area contributed by atoms with Crippen molar-refractivity contribution in [3.63, 3.8) is 0 Å². The number of nitrogens with zero attached hydrogens (tertiary/aromatic N) is 4. The van der Waals surface area contributed by atoms with Crippen LogP contribution in [-0.4, -0.2) is 59.1 Å². The van der Waals surface area contributed by atoms with Crippen molar-refractivity contribution in [2.24, 2.45) is 5.16 Å². The molecular weight excluding hydrogens is 335 g/mol. The number of oxime groups is 1. The maximum Gasteiger partial charge on any atom is 0.225 e. The van der Waals surface area contributed by atoms with Crippen LogP contribution >= 0.6 is 0 Å². The van der Waals surface area contributed by atoms with E-state index in [0.29, 0.717) is 22.8 Å². The van der Waals surface area contributed by atoms with Gasteiger partial charge in [0.2, 0.25) is 5.88 Å². The molecule has 26 heavy (non-hydrogen) atoms. The molecule has 0 bridgehead atoms. The van der Waals surface area contributed by atoms with Gasteiger partial charge in [0.15, 0.2) is 5.84 Å². The average Bonchev–Trinajstić information content (AvgIpc) is 2.64. The smallest absolute Gasteiger partial charge is 0.225 e. The summed E-state index contributed by atoms with van der Waals surface area (Å²) in [4.78, 5) is 8.64. The number of benzene rings is 1. The van der Waals surface area contributed by atoms with Gasteiger partial charge < -0.3 is 19.7 Å². The molecule has 138 valence electrons. The molecule has 1 N–H and O–H groups in total. The summed E-state index contributed by atoms with van der Waals surface area (Å²) in [5, 5.41) is 13.1. The number of ether oxygens (including phenoxy) is 1. The highest BCUT2D eigenvalue weighted by Crippen LogP contribution is 2.21. The summed E-state index contributed by atoms with van der Waals surface area (Å²) in [6, 6.07) is 10.1. The Morgan fingerprint density at radius 1 is 1.19 bits per heavy atom. The lowest BCUT2D eigenvalue weighted by atomic mass is 10.2. The van der Waals surface area contributed by atoms with Crippen LogP contribution in [0.2, 0.25) is 0 Å². The van der Waals surface area contributed by atoms with E-state index in [1.165, 1.54) is 6.07 Å². The average molecular weight is 358 g/mol. The molecule has 7 heteroatoms. The molecule has 1 saturated heterocycles. The molecule has 1 fully saturated rings. The van der Waals surface area contributed by atoms with Gasteiger partial charge in [0.25, 0.3) is 0 Å². The summed E-state index contributed by atoms with van der Waals surface area (Å²) < 4.78 is 19.6. The Labute approximate surface area is 152 Å². The van der Waals surface area contributed by atoms with E-state index in [-0.39, 0.29) is 12.4 Å². The van der Waals surface area contributed by atoms with Gasteiger partial charge in [-0.05, 0) is 32.2 Å². The first kappa shape index (κ1) is 18.1. The van der Waals surface area contributed by atoms with E-state index in [9.17, 15) is 9.60 Å². The minimum atomic E-state index is -0.322. The lowest BCUT2D eigenvalue weighted by Crippen LogP contribution is -2.47. The van der Waals surface area contributed by atoms with Crippen molar-refractivity contribution < 1.29 is 14.3 Å². The van der Waals surface area contributed by atoms with Gasteiger partial charge in [-0.2, -0.15) is 0 Å². The zero-order valence-electron chi connectivity index (χ0n) is 15.0. The zero-order valence-corrected chi connectivity index (χ0v) is 15.0. The Kier molecular flexibility index (Phi) is 5.68. The molecule has 0 unspecified atom stereocenters. The van der Waals surface area contributed by atoms with Gasteiger partial charge >= 0.3 is 0 Å². The van der Waals surface area contributed by atoms with E-state index in [0.717, 1.165) is 31.9 Å². The van der Waals surface area contributed by atoms with Crippen LogP contribution in [0.3, 0.4) is 0 Å². The van der Waals surface area contributed by atoms with Crippen LogP contribution in [0.15, 0.2) is 41.6 Å². The zero-order chi connectivity index (χ0) is 18.5. The predicted octanol–water partition coefficient (Wildman–Crippen LogP) is 2.49. The number of aromatic nitrogens is 1. The van der Waals surface area contributed by atoms with Gasteiger partial charge in [0.05, 0.1) is 5.56 Å². The van der Waals surface area contributed by atoms with Crippen LogP contribution in [0.4, 0.5) is 4.39 Å². The number of likely N-dealkylation sites (N-methyl/N-ethyl adjacent to an activating group) is 1. The lowest BCUT2D eigenvalue weighted by Gasteiger charge is -2.34. The lowest BCUT2D eigenvalue weighted by molar-refractivity contribution is 0.207. The number of rotatable bonds is 4. The number of amidine groups is 1. The Morgan fingerprint density at radius 2 is 1.92 bits per heavy atom. The molecule has 0 aliphatic carbocycles. The second kappa shape index (κ2) is 8.14. The molecule has 6 nitrogen and oxygen atoms in total. The van der Waals surface area contributed by atoms with E-state index in [1.807, 2.05) is 24.0 Å². The van der Waals surface area contributed by atoms with Crippen LogP contribution in [0.5, 0.6) is 5.88 Å². The van der Waals surface area contributed by atoms with Crippen molar-refractivity contribution in [3.05, 3.63) is 59.0 Å². The van der Waals surface area contributed by atoms with Crippen molar-refractivity contribution in [2.45, 2.75) is 13.5 Å². The molecule has 0 atom stereocenters. The third kappa shape index (κ3) is 4.11. The number of pyridine rings is 1. The molecule has 2 heterocycles. The van der Waals surface area contributed by atoms with Crippen molar-refractivity contribution >= 4 is 5.84 Å². The Balaban J connectivity index is 1.84. The highest BCUT2D eigenvalue weighted by Gasteiger charge is 2.23. The summed E-state index contributed by atoms with van der Waals surface area (Å²) >= 11 is 0. The fraction of sp³-hybridized carbons (Fsp3) is 0.368. The number of halogens is 1. The monoisotopic (exact) mass is 358 g/mol. The number of aryl methyl sites for hydroxylation is 1. The first-order valence-electron chi connectivity index (χ1n) is 8.58. The van der Waals surface area contributed by atoms with Crippen LogP contribution in [0, 0.1) is 12.7 Å². The SMILES string of the molecule is Cc1ccc(/C(=N/O)N2CCN(C)CC2)c(OCc2ccccc2F)n1. The third-order valence-electron chi connectivity index (χ3n) is 4.46. The normalized spacial score (nSPS) is 16.0. The highest BCUT2D eigenvalue weighted by molar-refractivity contribution is 6.00. The second-order valence-corrected chi connectivity index (χ2v) is 6.40. The molecule has 0 spiro atoms. The largest absolute Gasteiger partial charge is 0.472 e. The van der Waals surface area contributed by atoms with E-state index in [1.54, 1.807) is 18.2 Å². The van der Waals surface area contributed by atoms with Crippen molar-refractivity contribution in [3.8, 4) is 5.88 Å². The summed E-state index contributed by atoms with van der Waals surface area (Å²) in [7, 11) is 2.06. The first-order chi connectivity index (χ1) is 12.6. The van der Waals surface area contributed by atoms with E-state index >= 15 is 0 Å². The molecule has 3 rings (SSSR count). The van der Waals surface area contributed by atoms with Crippen molar-refractivity contribution in [1.29, 1.82) is 0 Å². The molecule has 0 saturated carbocycles. The van der Waals surface area contributed by atoms with Gasteiger partial charge in [-0.25, -0.2) is 9.37 Å². The number of hydrogen-bond acceptors (Lipinski definition) is 5. The van der Waals surface area contributed by atoms with Crippen LogP contribution in [0.25, 0.3) is 0 Å². The van der Waals surface area contributed by atoms with E-state index in [4.69, 9.17) is 4.74 Å². The maximum atomic E-state index is 13.8. The minimum Gasteiger partial charge on any atom is -0.472 e. The van der Waals surface area contributed by atoms with E-state index < -0.39 is 0 Å². The fourth-order valence-electron chi connectivity index (χ4n) is 2.88. The topological polar surface area (TPSA) is 61.2 Å². The van der Waals surface area contributed by atoms with Gasteiger partial charge in [-0.1, -0.05) is 23.4 Å². The predicted molar refractivity (Wildman–Crippen MR) is 97.1 cm³/mol. The van der Waals surface area contributed by atoms with E-state index in [2.05, 4.69) is 22.1 Å². The van der Waals surface area contributed by atoms with Crippen LogP contribution in [-0.2, 0) is 6.61 Å². The number of hydrogen-bond donors (Lipinski definition) is 1. The Bertz CT molecular complexity index is 789. The number of piperazine rings is 1. The van der Waals surface area contributed by atoms with Gasteiger partial charge in [0, 0.05) is 37.4 Å². The molecule has 1 aromatic heterocycles. The molecular formula is C19H23FN4O2. The maximum absolute atomic E-state index is 13.8. The Morgan fingerprint density at radius 3 is 2.62 bits per heavy atom. The molecule has 1 aromatic carbocycles.